The van der Waals surface area contributed by atoms with E-state index in [0.29, 0.717) is 24.7 Å². The number of aromatic nitrogens is 3. The third kappa shape index (κ3) is 5.20. The van der Waals surface area contributed by atoms with Gasteiger partial charge in [-0.2, -0.15) is 4.39 Å². The number of amides is 2. The average molecular weight is 567 g/mol. The van der Waals surface area contributed by atoms with Gasteiger partial charge in [0.2, 0.25) is 11.9 Å². The molecule has 2 amide bonds. The molecule has 1 fully saturated rings. The minimum Gasteiger partial charge on any atom is -0.444 e. The predicted octanol–water partition coefficient (Wildman–Crippen LogP) is 5.15. The number of piperidine rings is 1. The second-order valence-electron chi connectivity index (χ2n) is 11.5. The van der Waals surface area contributed by atoms with Gasteiger partial charge >= 0.3 is 6.09 Å². The van der Waals surface area contributed by atoms with Crippen LogP contribution in [-0.2, 0) is 11.2 Å². The number of nitrogens with two attached hydrogens (primary N) is 1. The van der Waals surface area contributed by atoms with E-state index >= 15 is 0 Å². The summed E-state index contributed by atoms with van der Waals surface area (Å²) in [5.74, 6) is -1.26. The molecule has 11 heteroatoms. The Morgan fingerprint density at radius 3 is 2.55 bits per heavy atom. The summed E-state index contributed by atoms with van der Waals surface area (Å²) in [6.07, 6.45) is 3.15. The summed E-state index contributed by atoms with van der Waals surface area (Å²) < 4.78 is 19.7. The topological polar surface area (TPSA) is 123 Å². The van der Waals surface area contributed by atoms with Crippen LogP contribution in [0.2, 0.25) is 5.02 Å². The van der Waals surface area contributed by atoms with Gasteiger partial charge < -0.3 is 20.7 Å². The smallest absolute Gasteiger partial charge is 0.408 e. The Morgan fingerprint density at radius 1 is 1.18 bits per heavy atom. The molecule has 3 heterocycles. The van der Waals surface area contributed by atoms with Crippen molar-refractivity contribution in [2.45, 2.75) is 58.6 Å². The number of primary amides is 1. The highest BCUT2D eigenvalue weighted by Gasteiger charge is 2.49. The Labute approximate surface area is 237 Å². The fourth-order valence-corrected chi connectivity index (χ4v) is 6.08. The Morgan fingerprint density at radius 2 is 1.88 bits per heavy atom. The molecule has 210 valence electrons. The van der Waals surface area contributed by atoms with Crippen molar-refractivity contribution < 1.29 is 18.7 Å². The predicted molar refractivity (Wildman–Crippen MR) is 150 cm³/mol. The zero-order chi connectivity index (χ0) is 28.8. The van der Waals surface area contributed by atoms with Gasteiger partial charge in [0, 0.05) is 35.8 Å². The fourth-order valence-electron chi connectivity index (χ4n) is 5.87. The van der Waals surface area contributed by atoms with Crippen LogP contribution in [0.5, 0.6) is 0 Å². The van der Waals surface area contributed by atoms with Crippen LogP contribution in [0.25, 0.3) is 11.1 Å². The van der Waals surface area contributed by atoms with Crippen molar-refractivity contribution in [1.82, 2.24) is 20.3 Å². The molecule has 40 heavy (non-hydrogen) atoms. The molecule has 1 spiro atoms. The molecule has 2 aromatic heterocycles. The first-order valence-electron chi connectivity index (χ1n) is 13.2. The number of hydrogen-bond acceptors (Lipinski definition) is 7. The first-order chi connectivity index (χ1) is 18.9. The third-order valence-electron chi connectivity index (χ3n) is 7.65. The van der Waals surface area contributed by atoms with Gasteiger partial charge in [0.15, 0.2) is 0 Å². The van der Waals surface area contributed by atoms with Crippen molar-refractivity contribution in [2.24, 2.45) is 11.1 Å². The highest BCUT2D eigenvalue weighted by atomic mass is 35.5. The van der Waals surface area contributed by atoms with Gasteiger partial charge in [-0.15, -0.1) is 0 Å². The number of fused-ring (bicyclic) bond motifs is 1. The molecular formula is C29H32ClFN6O3. The number of alkyl carbamates (subject to hydrolysis) is 1. The second kappa shape index (κ2) is 10.3. The third-order valence-corrected chi connectivity index (χ3v) is 8.01. The van der Waals surface area contributed by atoms with E-state index < -0.39 is 23.5 Å². The standard InChI is InChI=1S/C29H32ClFN6O3/c1-16-20(19-9-12-33-24(31)21(19)30)22(25(32)38)35-26(34-16)37-13-10-29(11-14-37)15-17-7-5-6-8-18(17)23(29)36-27(39)40-28(2,3)4/h5-9,12,23H,10-11,13-15H2,1-4H3,(H2,32,38)(H,36,39)/t23-/m1/s1. The summed E-state index contributed by atoms with van der Waals surface area (Å²) in [5, 5.41) is 2.93. The molecule has 3 aromatic rings. The molecule has 0 bridgehead atoms. The number of nitrogens with one attached hydrogen (secondary N) is 1. The lowest BCUT2D eigenvalue weighted by atomic mass is 9.73. The molecule has 1 saturated heterocycles. The lowest BCUT2D eigenvalue weighted by molar-refractivity contribution is 0.0427. The molecule has 0 radical (unpaired) electrons. The maximum Gasteiger partial charge on any atom is 0.408 e. The number of nitrogens with zero attached hydrogens (tertiary/aromatic N) is 4. The van der Waals surface area contributed by atoms with Crippen LogP contribution in [0.4, 0.5) is 15.1 Å². The van der Waals surface area contributed by atoms with Crippen LogP contribution in [0, 0.1) is 18.3 Å². The van der Waals surface area contributed by atoms with E-state index in [1.54, 1.807) is 6.92 Å². The van der Waals surface area contributed by atoms with Crippen molar-refractivity contribution in [3.8, 4) is 11.1 Å². The van der Waals surface area contributed by atoms with Crippen molar-refractivity contribution in [3.05, 3.63) is 70.0 Å². The normalized spacial score (nSPS) is 17.9. The molecule has 3 N–H and O–H groups in total. The highest BCUT2D eigenvalue weighted by Crippen LogP contribution is 2.52. The summed E-state index contributed by atoms with van der Waals surface area (Å²) in [6.45, 7) is 8.44. The van der Waals surface area contributed by atoms with Gasteiger partial charge in [-0.1, -0.05) is 35.9 Å². The van der Waals surface area contributed by atoms with E-state index in [1.165, 1.54) is 17.8 Å². The second-order valence-corrected chi connectivity index (χ2v) is 11.8. The number of benzene rings is 1. The van der Waals surface area contributed by atoms with E-state index in [-0.39, 0.29) is 33.3 Å². The quantitative estimate of drug-likeness (QED) is 0.419. The summed E-state index contributed by atoms with van der Waals surface area (Å²) in [5.41, 5.74) is 8.16. The van der Waals surface area contributed by atoms with Gasteiger partial charge in [-0.05, 0) is 64.2 Å². The lowest BCUT2D eigenvalue weighted by Gasteiger charge is -2.43. The molecule has 1 aliphatic carbocycles. The molecule has 0 saturated carbocycles. The van der Waals surface area contributed by atoms with Gasteiger partial charge in [0.1, 0.15) is 16.3 Å². The number of anilines is 1. The van der Waals surface area contributed by atoms with Crippen molar-refractivity contribution in [1.29, 1.82) is 0 Å². The molecular weight excluding hydrogens is 535 g/mol. The molecule has 5 rings (SSSR count). The number of rotatable bonds is 4. The first kappa shape index (κ1) is 27.8. The highest BCUT2D eigenvalue weighted by molar-refractivity contribution is 6.33. The minimum absolute atomic E-state index is 0.0342. The van der Waals surface area contributed by atoms with Crippen molar-refractivity contribution in [2.75, 3.05) is 18.0 Å². The number of carbonyl (C=O) groups is 2. The Hall–Kier alpha value is -3.79. The lowest BCUT2D eigenvalue weighted by Crippen LogP contribution is -2.48. The number of hydrogen-bond donors (Lipinski definition) is 2. The Kier molecular flexibility index (Phi) is 7.16. The monoisotopic (exact) mass is 566 g/mol. The van der Waals surface area contributed by atoms with Crippen LogP contribution in [0.3, 0.4) is 0 Å². The maximum absolute atomic E-state index is 14.1. The van der Waals surface area contributed by atoms with Crippen molar-refractivity contribution in [3.63, 3.8) is 0 Å². The largest absolute Gasteiger partial charge is 0.444 e. The molecule has 2 aliphatic rings. The number of pyridine rings is 1. The molecule has 1 atom stereocenters. The first-order valence-corrected chi connectivity index (χ1v) is 13.6. The Balaban J connectivity index is 1.42. The zero-order valence-corrected chi connectivity index (χ0v) is 23.7. The summed E-state index contributed by atoms with van der Waals surface area (Å²) in [4.78, 5) is 40.0. The minimum atomic E-state index is -0.855. The van der Waals surface area contributed by atoms with E-state index in [4.69, 9.17) is 22.1 Å². The van der Waals surface area contributed by atoms with Crippen LogP contribution in [0.15, 0.2) is 36.5 Å². The van der Waals surface area contributed by atoms with E-state index in [9.17, 15) is 14.0 Å². The fraction of sp³-hybridized carbons (Fsp3) is 0.414. The summed E-state index contributed by atoms with van der Waals surface area (Å²) in [6, 6.07) is 9.48. The van der Waals surface area contributed by atoms with Gasteiger partial charge in [0.05, 0.1) is 11.7 Å². The SMILES string of the molecule is Cc1nc(N2CCC3(CC2)Cc2ccccc2[C@H]3NC(=O)OC(C)(C)C)nc(C(N)=O)c1-c1ccnc(F)c1Cl. The van der Waals surface area contributed by atoms with Gasteiger partial charge in [-0.3, -0.25) is 4.79 Å². The number of ether oxygens (including phenoxy) is 1. The van der Waals surface area contributed by atoms with Crippen molar-refractivity contribution >= 4 is 29.5 Å². The number of aryl methyl sites for hydroxylation is 1. The average Bonchev–Trinajstić information content (AvgIpc) is 3.17. The van der Waals surface area contributed by atoms with Crippen LogP contribution >= 0.6 is 11.6 Å². The zero-order valence-electron chi connectivity index (χ0n) is 22.9. The van der Waals surface area contributed by atoms with Gasteiger partial charge in [-0.25, -0.2) is 19.7 Å². The van der Waals surface area contributed by atoms with E-state index in [0.717, 1.165) is 24.8 Å². The van der Waals surface area contributed by atoms with Crippen LogP contribution < -0.4 is 16.0 Å². The van der Waals surface area contributed by atoms with Gasteiger partial charge in [0.25, 0.3) is 5.91 Å². The molecule has 1 aromatic carbocycles. The maximum atomic E-state index is 14.1. The van der Waals surface area contributed by atoms with Crippen LogP contribution in [0.1, 0.15) is 67.0 Å². The Bertz CT molecular complexity index is 1480. The number of halogens is 2. The molecule has 1 aliphatic heterocycles. The molecule has 9 nitrogen and oxygen atoms in total. The molecule has 0 unspecified atom stereocenters. The number of carbonyl (C=O) groups excluding carboxylic acids is 2. The van der Waals surface area contributed by atoms with Crippen LogP contribution in [-0.4, -0.2) is 45.6 Å². The summed E-state index contributed by atoms with van der Waals surface area (Å²) in [7, 11) is 0. The summed E-state index contributed by atoms with van der Waals surface area (Å²) >= 11 is 6.16. The van der Waals surface area contributed by atoms with E-state index in [2.05, 4.69) is 32.4 Å². The van der Waals surface area contributed by atoms with E-state index in [1.807, 2.05) is 37.8 Å².